The van der Waals surface area contributed by atoms with Crippen LogP contribution in [0.15, 0.2) is 18.5 Å². The summed E-state index contributed by atoms with van der Waals surface area (Å²) in [5.74, 6) is -1.18. The summed E-state index contributed by atoms with van der Waals surface area (Å²) < 4.78 is 0. The summed E-state index contributed by atoms with van der Waals surface area (Å²) in [6.45, 7) is 0. The van der Waals surface area contributed by atoms with Gasteiger partial charge in [-0.25, -0.2) is 4.98 Å². The van der Waals surface area contributed by atoms with Crippen LogP contribution in [0.3, 0.4) is 0 Å². The van der Waals surface area contributed by atoms with Crippen molar-refractivity contribution in [3.05, 3.63) is 35.7 Å². The van der Waals surface area contributed by atoms with Gasteiger partial charge < -0.3 is 16.5 Å². The molecule has 2 aromatic rings. The van der Waals surface area contributed by atoms with Crippen molar-refractivity contribution < 1.29 is 9.59 Å². The van der Waals surface area contributed by atoms with Crippen LogP contribution in [0.4, 0.5) is 0 Å². The molecule has 17 heavy (non-hydrogen) atoms. The molecule has 2 rings (SSSR count). The molecule has 1 radical (unpaired) electrons. The number of nitrogens with one attached hydrogen (secondary N) is 1. The van der Waals surface area contributed by atoms with Crippen LogP contribution in [0.2, 0.25) is 0 Å². The third-order valence-corrected chi connectivity index (χ3v) is 2.22. The molecule has 0 aliphatic rings. The number of amides is 2. The van der Waals surface area contributed by atoms with E-state index < -0.39 is 11.8 Å². The first-order valence-corrected chi connectivity index (χ1v) is 4.74. The van der Waals surface area contributed by atoms with E-state index in [0.29, 0.717) is 16.6 Å². The molecular formula is C11H9N4O2. The fourth-order valence-electron chi connectivity index (χ4n) is 1.52. The fourth-order valence-corrected chi connectivity index (χ4v) is 1.52. The topological polar surface area (TPSA) is 115 Å². The van der Waals surface area contributed by atoms with Crippen molar-refractivity contribution in [1.82, 2.24) is 9.97 Å². The van der Waals surface area contributed by atoms with Gasteiger partial charge in [-0.2, -0.15) is 0 Å². The average molecular weight is 229 g/mol. The molecule has 0 aliphatic heterocycles. The van der Waals surface area contributed by atoms with Crippen LogP contribution in [-0.4, -0.2) is 21.8 Å². The Balaban J connectivity index is 2.65. The monoisotopic (exact) mass is 229 g/mol. The van der Waals surface area contributed by atoms with Crippen molar-refractivity contribution in [2.24, 2.45) is 11.5 Å². The molecule has 0 aliphatic carbocycles. The van der Waals surface area contributed by atoms with Crippen molar-refractivity contribution in [2.45, 2.75) is 0 Å². The van der Waals surface area contributed by atoms with Gasteiger partial charge in [0.15, 0.2) is 0 Å². The summed E-state index contributed by atoms with van der Waals surface area (Å²) in [6.07, 6.45) is 5.65. The zero-order valence-corrected chi connectivity index (χ0v) is 8.73. The maximum atomic E-state index is 11.2. The van der Waals surface area contributed by atoms with Gasteiger partial charge in [0, 0.05) is 35.5 Å². The number of H-pyrrole nitrogens is 1. The van der Waals surface area contributed by atoms with E-state index in [4.69, 9.17) is 11.5 Å². The molecule has 2 aromatic heterocycles. The predicted octanol–water partition coefficient (Wildman–Crippen LogP) is -0.0395. The van der Waals surface area contributed by atoms with Crippen LogP contribution < -0.4 is 11.5 Å². The number of aromatic amines is 1. The van der Waals surface area contributed by atoms with Gasteiger partial charge in [-0.1, -0.05) is 0 Å². The third kappa shape index (κ3) is 2.00. The summed E-state index contributed by atoms with van der Waals surface area (Å²) in [7, 11) is 0. The number of primary amides is 2. The molecule has 0 spiro atoms. The van der Waals surface area contributed by atoms with Gasteiger partial charge in [0.2, 0.25) is 11.8 Å². The Morgan fingerprint density at radius 2 is 2.18 bits per heavy atom. The Labute approximate surface area is 96.3 Å². The first-order chi connectivity index (χ1) is 8.09. The van der Waals surface area contributed by atoms with E-state index in [0.717, 1.165) is 0 Å². The number of hydrogen-bond donors (Lipinski definition) is 3. The van der Waals surface area contributed by atoms with Crippen LogP contribution in [0.1, 0.15) is 15.9 Å². The minimum Gasteiger partial charge on any atom is -0.366 e. The molecule has 0 aromatic carbocycles. The van der Waals surface area contributed by atoms with Crippen LogP contribution >= 0.6 is 0 Å². The molecule has 0 saturated heterocycles. The average Bonchev–Trinajstić information content (AvgIpc) is 2.69. The summed E-state index contributed by atoms with van der Waals surface area (Å²) >= 11 is 0. The lowest BCUT2D eigenvalue weighted by molar-refractivity contribution is -0.113. The van der Waals surface area contributed by atoms with Gasteiger partial charge in [0.05, 0.1) is 5.56 Å². The molecule has 2 amide bonds. The van der Waals surface area contributed by atoms with E-state index in [-0.39, 0.29) is 5.56 Å². The summed E-state index contributed by atoms with van der Waals surface area (Å²) in [4.78, 5) is 28.8. The standard InChI is InChI=1S/C11H9N4O2/c12-8(16)2-1-6-5-15-11-9(6)7(10(13)17)3-4-14-11/h1-2,4-5H,(H2,12,16)(H2,13,17)(H,14,15)/b2-1+. The molecule has 0 unspecified atom stereocenters. The second-order valence-corrected chi connectivity index (χ2v) is 3.35. The number of pyridine rings is 1. The number of fused-ring (bicyclic) bond motifs is 1. The van der Waals surface area contributed by atoms with E-state index in [9.17, 15) is 9.59 Å². The molecular weight excluding hydrogens is 220 g/mol. The lowest BCUT2D eigenvalue weighted by atomic mass is 10.1. The molecule has 5 N–H and O–H groups in total. The smallest absolute Gasteiger partial charge is 0.250 e. The lowest BCUT2D eigenvalue weighted by Gasteiger charge is -1.98. The van der Waals surface area contributed by atoms with Gasteiger partial charge in [-0.3, -0.25) is 9.59 Å². The maximum absolute atomic E-state index is 11.2. The van der Waals surface area contributed by atoms with Crippen LogP contribution in [-0.2, 0) is 4.79 Å². The zero-order valence-electron chi connectivity index (χ0n) is 8.73. The van der Waals surface area contributed by atoms with Crippen molar-refractivity contribution in [3.63, 3.8) is 0 Å². The molecule has 0 saturated carbocycles. The second-order valence-electron chi connectivity index (χ2n) is 3.35. The summed E-state index contributed by atoms with van der Waals surface area (Å²) in [5.41, 5.74) is 11.6. The highest BCUT2D eigenvalue weighted by molar-refractivity contribution is 6.08. The molecule has 6 heteroatoms. The molecule has 85 valence electrons. The summed E-state index contributed by atoms with van der Waals surface area (Å²) in [5, 5.41) is 0.525. The highest BCUT2D eigenvalue weighted by Gasteiger charge is 2.11. The number of carbonyl (C=O) groups excluding carboxylic acids is 2. The van der Waals surface area contributed by atoms with E-state index in [1.807, 2.05) is 0 Å². The second kappa shape index (κ2) is 4.09. The van der Waals surface area contributed by atoms with E-state index in [2.05, 4.69) is 16.0 Å². The number of aromatic nitrogens is 2. The Morgan fingerprint density at radius 3 is 2.82 bits per heavy atom. The Bertz CT molecular complexity index is 627. The summed E-state index contributed by atoms with van der Waals surface area (Å²) in [6, 6.07) is 2.67. The minimum absolute atomic E-state index is 0.223. The molecule has 0 fully saturated rings. The van der Waals surface area contributed by atoms with Crippen molar-refractivity contribution in [3.8, 4) is 0 Å². The lowest BCUT2D eigenvalue weighted by Crippen LogP contribution is -2.11. The first-order valence-electron chi connectivity index (χ1n) is 4.74. The SMILES string of the molecule is NC(=O)/C=C/c1c[nH]c2nc[c]c(C(N)=O)c12. The first kappa shape index (κ1) is 10.9. The van der Waals surface area contributed by atoms with Crippen molar-refractivity contribution in [2.75, 3.05) is 0 Å². The molecule has 0 bridgehead atoms. The number of nitrogens with two attached hydrogens (primary N) is 2. The van der Waals surface area contributed by atoms with Crippen molar-refractivity contribution >= 4 is 28.9 Å². The zero-order chi connectivity index (χ0) is 12.4. The number of hydrogen-bond acceptors (Lipinski definition) is 3. The number of nitrogens with zero attached hydrogens (tertiary/aromatic N) is 1. The number of rotatable bonds is 3. The largest absolute Gasteiger partial charge is 0.366 e. The van der Waals surface area contributed by atoms with Gasteiger partial charge >= 0.3 is 0 Å². The number of carbonyl (C=O) groups is 2. The Morgan fingerprint density at radius 1 is 1.41 bits per heavy atom. The van der Waals surface area contributed by atoms with Gasteiger partial charge in [-0.15, -0.1) is 0 Å². The van der Waals surface area contributed by atoms with Crippen LogP contribution in [0, 0.1) is 6.07 Å². The van der Waals surface area contributed by atoms with Gasteiger partial charge in [0.25, 0.3) is 0 Å². The Kier molecular flexibility index (Phi) is 2.61. The van der Waals surface area contributed by atoms with E-state index in [1.165, 1.54) is 18.3 Å². The fraction of sp³-hybridized carbons (Fsp3) is 0. The highest BCUT2D eigenvalue weighted by Crippen LogP contribution is 2.21. The Hall–Kier alpha value is -2.63. The molecule has 0 atom stereocenters. The highest BCUT2D eigenvalue weighted by atomic mass is 16.1. The third-order valence-electron chi connectivity index (χ3n) is 2.22. The minimum atomic E-state index is -0.606. The maximum Gasteiger partial charge on any atom is 0.250 e. The van der Waals surface area contributed by atoms with Gasteiger partial charge in [-0.05, 0) is 6.08 Å². The van der Waals surface area contributed by atoms with E-state index >= 15 is 0 Å². The van der Waals surface area contributed by atoms with Gasteiger partial charge in [0.1, 0.15) is 5.65 Å². The van der Waals surface area contributed by atoms with Crippen LogP contribution in [0.25, 0.3) is 17.1 Å². The molecule has 6 nitrogen and oxygen atoms in total. The van der Waals surface area contributed by atoms with Crippen molar-refractivity contribution in [1.29, 1.82) is 0 Å². The van der Waals surface area contributed by atoms with Crippen LogP contribution in [0.5, 0.6) is 0 Å². The van der Waals surface area contributed by atoms with E-state index in [1.54, 1.807) is 6.20 Å². The molecule has 2 heterocycles. The normalized spacial score (nSPS) is 11.1. The predicted molar refractivity (Wildman–Crippen MR) is 61.7 cm³/mol. The quantitative estimate of drug-likeness (QED) is 0.641.